The first kappa shape index (κ1) is 17.6. The summed E-state index contributed by atoms with van der Waals surface area (Å²) in [4.78, 5) is 25.7. The maximum absolute atomic E-state index is 13.9. The molecule has 1 N–H and O–H groups in total. The minimum Gasteiger partial charge on any atom is -0.462 e. The number of carbonyl (C=O) groups excluding carboxylic acids is 2. The third kappa shape index (κ3) is 3.44. The number of anilines is 1. The van der Waals surface area contributed by atoms with Crippen LogP contribution in [0.3, 0.4) is 0 Å². The van der Waals surface area contributed by atoms with Gasteiger partial charge in [0, 0.05) is 10.8 Å². The minimum atomic E-state index is -0.430. The summed E-state index contributed by atoms with van der Waals surface area (Å²) >= 11 is 1.36. The van der Waals surface area contributed by atoms with Crippen LogP contribution in [0.15, 0.2) is 24.3 Å². The second-order valence-corrected chi connectivity index (χ2v) is 7.39. The lowest BCUT2D eigenvalue weighted by Gasteiger charge is -2.07. The van der Waals surface area contributed by atoms with Crippen molar-refractivity contribution in [3.63, 3.8) is 0 Å². The minimum absolute atomic E-state index is 0.102. The summed E-state index contributed by atoms with van der Waals surface area (Å²) in [6.07, 6.45) is 0.616. The van der Waals surface area contributed by atoms with Crippen LogP contribution in [-0.2, 0) is 9.53 Å². The largest absolute Gasteiger partial charge is 0.462 e. The van der Waals surface area contributed by atoms with Gasteiger partial charge in [-0.05, 0) is 50.3 Å². The van der Waals surface area contributed by atoms with Crippen LogP contribution in [0.5, 0.6) is 0 Å². The number of amides is 1. The smallest absolute Gasteiger partial charge is 0.341 e. The van der Waals surface area contributed by atoms with E-state index < -0.39 is 5.97 Å². The van der Waals surface area contributed by atoms with Gasteiger partial charge in [0.25, 0.3) is 0 Å². The number of hydrogen-bond acceptors (Lipinski definition) is 4. The first-order valence-corrected chi connectivity index (χ1v) is 9.08. The second kappa shape index (κ2) is 6.96. The van der Waals surface area contributed by atoms with Crippen LogP contribution in [0.2, 0.25) is 0 Å². The van der Waals surface area contributed by atoms with E-state index in [1.165, 1.54) is 17.4 Å². The molecule has 1 aromatic heterocycles. The Morgan fingerprint density at radius 3 is 2.72 bits per heavy atom. The van der Waals surface area contributed by atoms with Crippen LogP contribution in [-0.4, -0.2) is 18.5 Å². The fourth-order valence-electron chi connectivity index (χ4n) is 2.97. The fraction of sp³-hybridized carbons (Fsp3) is 0.368. The molecular weight excluding hydrogens is 341 g/mol. The topological polar surface area (TPSA) is 55.4 Å². The fourth-order valence-corrected chi connectivity index (χ4v) is 4.02. The Bertz CT molecular complexity index is 830. The Morgan fingerprint density at radius 1 is 1.32 bits per heavy atom. The highest BCUT2D eigenvalue weighted by atomic mass is 32.1. The Hall–Kier alpha value is -2.21. The zero-order chi connectivity index (χ0) is 18.1. The zero-order valence-corrected chi connectivity index (χ0v) is 15.2. The summed E-state index contributed by atoms with van der Waals surface area (Å²) in [6, 6.07) is 6.54. The quantitative estimate of drug-likeness (QED) is 0.802. The van der Waals surface area contributed by atoms with Gasteiger partial charge >= 0.3 is 5.97 Å². The van der Waals surface area contributed by atoms with Crippen molar-refractivity contribution in [2.45, 2.75) is 33.1 Å². The lowest BCUT2D eigenvalue weighted by molar-refractivity contribution is -0.117. The molecule has 1 saturated carbocycles. The van der Waals surface area contributed by atoms with Crippen LogP contribution in [0.25, 0.3) is 0 Å². The predicted octanol–water partition coefficient (Wildman–Crippen LogP) is 4.42. The lowest BCUT2D eigenvalue weighted by atomic mass is 10.1. The number of thiophene rings is 1. The summed E-state index contributed by atoms with van der Waals surface area (Å²) in [5.74, 6) is -1.26. The van der Waals surface area contributed by atoms with Gasteiger partial charge in [0.05, 0.1) is 12.2 Å². The number of aryl methyl sites for hydroxylation is 1. The van der Waals surface area contributed by atoms with Gasteiger partial charge in [0.15, 0.2) is 0 Å². The van der Waals surface area contributed by atoms with Gasteiger partial charge < -0.3 is 10.1 Å². The molecule has 1 amide bonds. The average Bonchev–Trinajstić information content (AvgIpc) is 3.30. The molecule has 2 atom stereocenters. The maximum Gasteiger partial charge on any atom is 0.341 e. The SMILES string of the molecule is CCOC(=O)c1c(NC(=O)C2CC2c2ccccc2F)sc(C)c1C. The number of hydrogen-bond donors (Lipinski definition) is 1. The van der Waals surface area contributed by atoms with Gasteiger partial charge in [-0.2, -0.15) is 0 Å². The van der Waals surface area contributed by atoms with E-state index in [0.717, 1.165) is 10.4 Å². The van der Waals surface area contributed by atoms with Crippen molar-refractivity contribution in [2.24, 2.45) is 5.92 Å². The molecule has 2 unspecified atom stereocenters. The molecule has 25 heavy (non-hydrogen) atoms. The summed E-state index contributed by atoms with van der Waals surface area (Å²) < 4.78 is 19.0. The van der Waals surface area contributed by atoms with Gasteiger partial charge in [-0.1, -0.05) is 18.2 Å². The number of carbonyl (C=O) groups is 2. The number of nitrogens with one attached hydrogen (secondary N) is 1. The molecular formula is C19H20FNO3S. The maximum atomic E-state index is 13.9. The standard InChI is InChI=1S/C19H20FNO3S/c1-4-24-19(23)16-10(2)11(3)25-18(16)21-17(22)14-9-13(14)12-7-5-6-8-15(12)20/h5-8,13-14H,4,9H2,1-3H3,(H,21,22). The normalized spacial score (nSPS) is 18.7. The van der Waals surface area contributed by atoms with E-state index >= 15 is 0 Å². The van der Waals surface area contributed by atoms with E-state index in [1.54, 1.807) is 25.1 Å². The van der Waals surface area contributed by atoms with Gasteiger partial charge in [0.2, 0.25) is 5.91 Å². The zero-order valence-electron chi connectivity index (χ0n) is 14.4. The molecule has 1 aliphatic carbocycles. The molecule has 2 aromatic rings. The third-order valence-electron chi connectivity index (χ3n) is 4.53. The average molecular weight is 361 g/mol. The van der Waals surface area contributed by atoms with Crippen molar-refractivity contribution in [3.8, 4) is 0 Å². The van der Waals surface area contributed by atoms with E-state index in [-0.39, 0.29) is 30.2 Å². The van der Waals surface area contributed by atoms with E-state index in [0.29, 0.717) is 22.5 Å². The van der Waals surface area contributed by atoms with Crippen LogP contribution < -0.4 is 5.32 Å². The number of ether oxygens (including phenoxy) is 1. The molecule has 132 valence electrons. The van der Waals surface area contributed by atoms with Gasteiger partial charge in [-0.15, -0.1) is 11.3 Å². The molecule has 1 aliphatic rings. The molecule has 1 heterocycles. The summed E-state index contributed by atoms with van der Waals surface area (Å²) in [5, 5.41) is 3.36. The number of rotatable bonds is 5. The van der Waals surface area contributed by atoms with Crippen LogP contribution >= 0.6 is 11.3 Å². The Kier molecular flexibility index (Phi) is 4.90. The van der Waals surface area contributed by atoms with Crippen molar-refractivity contribution in [2.75, 3.05) is 11.9 Å². The summed E-state index contributed by atoms with van der Waals surface area (Å²) in [7, 11) is 0. The Morgan fingerprint density at radius 2 is 2.04 bits per heavy atom. The van der Waals surface area contributed by atoms with E-state index in [9.17, 15) is 14.0 Å². The van der Waals surface area contributed by atoms with Crippen molar-refractivity contribution < 1.29 is 18.7 Å². The Balaban J connectivity index is 1.76. The molecule has 1 fully saturated rings. The van der Waals surface area contributed by atoms with Crippen molar-refractivity contribution in [1.82, 2.24) is 0 Å². The van der Waals surface area contributed by atoms with Crippen LogP contribution in [0.4, 0.5) is 9.39 Å². The summed E-state index contributed by atoms with van der Waals surface area (Å²) in [5.41, 5.74) is 1.81. The lowest BCUT2D eigenvalue weighted by Crippen LogP contribution is -2.17. The highest BCUT2D eigenvalue weighted by molar-refractivity contribution is 7.16. The number of benzene rings is 1. The second-order valence-electron chi connectivity index (χ2n) is 6.17. The van der Waals surface area contributed by atoms with E-state index in [2.05, 4.69) is 5.32 Å². The molecule has 0 radical (unpaired) electrons. The van der Waals surface area contributed by atoms with Crippen LogP contribution in [0, 0.1) is 25.6 Å². The molecule has 1 aromatic carbocycles. The predicted molar refractivity (Wildman–Crippen MR) is 95.6 cm³/mol. The van der Waals surface area contributed by atoms with E-state index in [1.807, 2.05) is 13.8 Å². The first-order chi connectivity index (χ1) is 11.9. The molecule has 4 nitrogen and oxygen atoms in total. The first-order valence-electron chi connectivity index (χ1n) is 8.26. The van der Waals surface area contributed by atoms with Crippen molar-refractivity contribution in [3.05, 3.63) is 51.7 Å². The highest BCUT2D eigenvalue weighted by Crippen LogP contribution is 2.49. The summed E-state index contributed by atoms with van der Waals surface area (Å²) in [6.45, 7) is 5.76. The Labute approximate surface area is 150 Å². The van der Waals surface area contributed by atoms with Crippen molar-refractivity contribution in [1.29, 1.82) is 0 Å². The molecule has 0 aliphatic heterocycles. The monoisotopic (exact) mass is 361 g/mol. The molecule has 0 bridgehead atoms. The van der Waals surface area contributed by atoms with Gasteiger partial charge in [-0.25, -0.2) is 9.18 Å². The number of halogens is 1. The molecule has 3 rings (SSSR count). The van der Waals surface area contributed by atoms with Crippen molar-refractivity contribution >= 4 is 28.2 Å². The van der Waals surface area contributed by atoms with Gasteiger partial charge in [-0.3, -0.25) is 4.79 Å². The molecule has 0 saturated heterocycles. The third-order valence-corrected chi connectivity index (χ3v) is 5.66. The number of esters is 1. The van der Waals surface area contributed by atoms with E-state index in [4.69, 9.17) is 4.74 Å². The molecule has 6 heteroatoms. The van der Waals surface area contributed by atoms with Crippen LogP contribution in [0.1, 0.15) is 45.6 Å². The highest BCUT2D eigenvalue weighted by Gasteiger charge is 2.45. The van der Waals surface area contributed by atoms with Gasteiger partial charge in [0.1, 0.15) is 10.8 Å². The molecule has 0 spiro atoms.